The van der Waals surface area contributed by atoms with Crippen molar-refractivity contribution < 1.29 is 9.53 Å². The number of hydrogen-bond acceptors (Lipinski definition) is 4. The number of halogens is 1. The van der Waals surface area contributed by atoms with E-state index in [1.807, 2.05) is 0 Å². The summed E-state index contributed by atoms with van der Waals surface area (Å²) in [4.78, 5) is 14.0. The van der Waals surface area contributed by atoms with Crippen molar-refractivity contribution in [2.75, 3.05) is 32.0 Å². The summed E-state index contributed by atoms with van der Waals surface area (Å²) in [5, 5.41) is 0. The van der Waals surface area contributed by atoms with Gasteiger partial charge in [0.05, 0.1) is 5.56 Å². The van der Waals surface area contributed by atoms with E-state index in [0.29, 0.717) is 17.9 Å². The van der Waals surface area contributed by atoms with Crippen molar-refractivity contribution in [2.24, 2.45) is 0 Å². The van der Waals surface area contributed by atoms with Gasteiger partial charge in [-0.05, 0) is 31.3 Å². The summed E-state index contributed by atoms with van der Waals surface area (Å²) in [6.45, 7) is 7.23. The minimum absolute atomic E-state index is 0.338. The summed E-state index contributed by atoms with van der Waals surface area (Å²) in [6.07, 6.45) is 0. The zero-order valence-electron chi connectivity index (χ0n) is 10.8. The summed E-state index contributed by atoms with van der Waals surface area (Å²) in [6, 6.07) is 5.06. The minimum atomic E-state index is -0.338. The molecule has 4 nitrogen and oxygen atoms in total. The molecule has 0 saturated carbocycles. The summed E-state index contributed by atoms with van der Waals surface area (Å²) in [5.41, 5.74) is 6.69. The molecule has 1 aromatic carbocycles. The van der Waals surface area contributed by atoms with E-state index in [9.17, 15) is 4.79 Å². The van der Waals surface area contributed by atoms with Gasteiger partial charge in [-0.3, -0.25) is 0 Å². The molecule has 0 heterocycles. The second-order valence-electron chi connectivity index (χ2n) is 3.94. The van der Waals surface area contributed by atoms with Crippen LogP contribution in [0.25, 0.3) is 0 Å². The fourth-order valence-corrected chi connectivity index (χ4v) is 2.13. The molecule has 1 rings (SSSR count). The molecule has 0 radical (unpaired) electrons. The highest BCUT2D eigenvalue weighted by molar-refractivity contribution is 9.10. The summed E-state index contributed by atoms with van der Waals surface area (Å²) >= 11 is 3.30. The van der Waals surface area contributed by atoms with Crippen molar-refractivity contribution >= 4 is 27.6 Å². The number of anilines is 1. The molecule has 0 fully saturated rings. The molecule has 2 N–H and O–H groups in total. The number of nitrogens with zero attached hydrogens (tertiary/aromatic N) is 1. The Kier molecular flexibility index (Phi) is 6.15. The first-order valence-electron chi connectivity index (χ1n) is 6.02. The number of benzene rings is 1. The van der Waals surface area contributed by atoms with Gasteiger partial charge in [0.25, 0.3) is 0 Å². The molecule has 0 aliphatic carbocycles. The molecule has 0 spiro atoms. The second-order valence-corrected chi connectivity index (χ2v) is 4.85. The smallest absolute Gasteiger partial charge is 0.338 e. The fraction of sp³-hybridized carbons (Fsp3) is 0.462. The Bertz CT molecular complexity index is 386. The molecule has 0 aromatic heterocycles. The average Bonchev–Trinajstić information content (AvgIpc) is 2.33. The molecule has 0 saturated heterocycles. The predicted molar refractivity (Wildman–Crippen MR) is 76.6 cm³/mol. The monoisotopic (exact) mass is 314 g/mol. The first-order valence-corrected chi connectivity index (χ1v) is 6.81. The molecule has 0 amide bonds. The summed E-state index contributed by atoms with van der Waals surface area (Å²) < 4.78 is 5.99. The Labute approximate surface area is 116 Å². The average molecular weight is 315 g/mol. The number of nitrogens with two attached hydrogens (primary N) is 1. The van der Waals surface area contributed by atoms with Crippen LogP contribution in [-0.2, 0) is 4.74 Å². The number of esters is 1. The van der Waals surface area contributed by atoms with Gasteiger partial charge in [-0.25, -0.2) is 4.79 Å². The molecular weight excluding hydrogens is 296 g/mol. The maximum absolute atomic E-state index is 11.8. The van der Waals surface area contributed by atoms with Crippen molar-refractivity contribution in [3.63, 3.8) is 0 Å². The summed E-state index contributed by atoms with van der Waals surface area (Å²) in [7, 11) is 0. The lowest BCUT2D eigenvalue weighted by atomic mass is 10.2. The van der Waals surface area contributed by atoms with Crippen molar-refractivity contribution in [1.82, 2.24) is 4.90 Å². The number of hydrogen-bond donors (Lipinski definition) is 1. The van der Waals surface area contributed by atoms with Gasteiger partial charge in [-0.1, -0.05) is 29.8 Å². The first kappa shape index (κ1) is 15.0. The highest BCUT2D eigenvalue weighted by atomic mass is 79.9. The zero-order chi connectivity index (χ0) is 13.5. The van der Waals surface area contributed by atoms with Crippen LogP contribution >= 0.6 is 15.9 Å². The molecule has 18 heavy (non-hydrogen) atoms. The Morgan fingerprint density at radius 2 is 2.00 bits per heavy atom. The topological polar surface area (TPSA) is 55.6 Å². The summed E-state index contributed by atoms with van der Waals surface area (Å²) in [5.74, 6) is -0.338. The Balaban J connectivity index is 2.50. The zero-order valence-corrected chi connectivity index (χ0v) is 12.4. The first-order chi connectivity index (χ1) is 8.56. The van der Waals surface area contributed by atoms with Crippen LogP contribution in [0.3, 0.4) is 0 Å². The van der Waals surface area contributed by atoms with E-state index in [1.54, 1.807) is 18.2 Å². The Morgan fingerprint density at radius 1 is 1.33 bits per heavy atom. The van der Waals surface area contributed by atoms with E-state index < -0.39 is 0 Å². The highest BCUT2D eigenvalue weighted by Gasteiger charge is 2.09. The van der Waals surface area contributed by atoms with Gasteiger partial charge >= 0.3 is 5.97 Å². The van der Waals surface area contributed by atoms with Crippen LogP contribution in [0, 0.1) is 0 Å². The molecule has 0 unspecified atom stereocenters. The highest BCUT2D eigenvalue weighted by Crippen LogP contribution is 2.17. The van der Waals surface area contributed by atoms with Gasteiger partial charge in [0.2, 0.25) is 0 Å². The van der Waals surface area contributed by atoms with Crippen molar-refractivity contribution in [2.45, 2.75) is 13.8 Å². The molecule has 5 heteroatoms. The van der Waals surface area contributed by atoms with Crippen LogP contribution in [-0.4, -0.2) is 37.1 Å². The van der Waals surface area contributed by atoms with Gasteiger partial charge in [-0.2, -0.15) is 0 Å². The van der Waals surface area contributed by atoms with Gasteiger partial charge in [0.15, 0.2) is 0 Å². The lowest BCUT2D eigenvalue weighted by Crippen LogP contribution is -2.27. The number of rotatable bonds is 6. The van der Waals surface area contributed by atoms with Crippen molar-refractivity contribution in [1.29, 1.82) is 0 Å². The maximum Gasteiger partial charge on any atom is 0.338 e. The van der Waals surface area contributed by atoms with E-state index in [1.165, 1.54) is 0 Å². The van der Waals surface area contributed by atoms with E-state index in [4.69, 9.17) is 10.5 Å². The SMILES string of the molecule is CCN(CC)CCOC(=O)c1cc(N)cc(Br)c1. The molecule has 100 valence electrons. The van der Waals surface area contributed by atoms with E-state index >= 15 is 0 Å². The number of carbonyl (C=O) groups is 1. The van der Waals surface area contributed by atoms with Gasteiger partial charge in [0.1, 0.15) is 6.61 Å². The Morgan fingerprint density at radius 3 is 2.56 bits per heavy atom. The molecule has 0 aliphatic rings. The third-order valence-corrected chi connectivity index (χ3v) is 3.15. The van der Waals surface area contributed by atoms with Crippen molar-refractivity contribution in [3.8, 4) is 0 Å². The third kappa shape index (κ3) is 4.66. The van der Waals surface area contributed by atoms with Crippen LogP contribution in [0.15, 0.2) is 22.7 Å². The lowest BCUT2D eigenvalue weighted by molar-refractivity contribution is 0.0466. The third-order valence-electron chi connectivity index (χ3n) is 2.69. The molecule has 0 atom stereocenters. The number of likely N-dealkylation sites (N-methyl/N-ethyl adjacent to an activating group) is 1. The number of carbonyl (C=O) groups excluding carboxylic acids is 1. The molecular formula is C13H19BrN2O2. The van der Waals surface area contributed by atoms with Crippen LogP contribution in [0.1, 0.15) is 24.2 Å². The van der Waals surface area contributed by atoms with Gasteiger partial charge < -0.3 is 15.4 Å². The quantitative estimate of drug-likeness (QED) is 0.647. The molecule has 0 bridgehead atoms. The second kappa shape index (κ2) is 7.38. The van der Waals surface area contributed by atoms with E-state index in [0.717, 1.165) is 24.1 Å². The van der Waals surface area contributed by atoms with E-state index in [2.05, 4.69) is 34.7 Å². The van der Waals surface area contributed by atoms with Crippen molar-refractivity contribution in [3.05, 3.63) is 28.2 Å². The normalized spacial score (nSPS) is 10.7. The standard InChI is InChI=1S/C13H19BrN2O2/c1-3-16(4-2)5-6-18-13(17)10-7-11(14)9-12(15)8-10/h7-9H,3-6,15H2,1-2H3. The predicted octanol–water partition coefficient (Wildman–Crippen LogP) is 2.53. The van der Waals surface area contributed by atoms with Crippen LogP contribution in [0.5, 0.6) is 0 Å². The number of ether oxygens (including phenoxy) is 1. The van der Waals surface area contributed by atoms with E-state index in [-0.39, 0.29) is 5.97 Å². The minimum Gasteiger partial charge on any atom is -0.461 e. The van der Waals surface area contributed by atoms with Gasteiger partial charge in [-0.15, -0.1) is 0 Å². The van der Waals surface area contributed by atoms with Crippen LogP contribution in [0.4, 0.5) is 5.69 Å². The van der Waals surface area contributed by atoms with Crippen LogP contribution < -0.4 is 5.73 Å². The largest absolute Gasteiger partial charge is 0.461 e. The Hall–Kier alpha value is -1.07. The fourth-order valence-electron chi connectivity index (χ4n) is 1.62. The number of nitrogen functional groups attached to an aromatic ring is 1. The van der Waals surface area contributed by atoms with Gasteiger partial charge in [0, 0.05) is 16.7 Å². The lowest BCUT2D eigenvalue weighted by Gasteiger charge is -2.17. The maximum atomic E-state index is 11.8. The molecule has 0 aliphatic heterocycles. The molecule has 1 aromatic rings. The van der Waals surface area contributed by atoms with Crippen LogP contribution in [0.2, 0.25) is 0 Å².